The molecule has 2 nitrogen and oxygen atoms in total. The van der Waals surface area contributed by atoms with Gasteiger partial charge in [0.05, 0.1) is 12.2 Å². The van der Waals surface area contributed by atoms with E-state index in [2.05, 4.69) is 25.7 Å². The third kappa shape index (κ3) is 3.30. The number of nitrogens with zero attached hydrogens (tertiary/aromatic N) is 1. The van der Waals surface area contributed by atoms with E-state index in [4.69, 9.17) is 4.74 Å². The average Bonchev–Trinajstić information content (AvgIpc) is 2.31. The van der Waals surface area contributed by atoms with Crippen LogP contribution in [0.1, 0.15) is 26.3 Å². The van der Waals surface area contributed by atoms with E-state index >= 15 is 0 Å². The monoisotopic (exact) mass is 251 g/mol. The summed E-state index contributed by atoms with van der Waals surface area (Å²) >= 11 is 0. The predicted octanol–water partition coefficient (Wildman–Crippen LogP) is 2.87. The number of halogens is 1. The highest BCUT2D eigenvalue weighted by atomic mass is 19.1. The Labute approximate surface area is 109 Å². The second-order valence-electron chi connectivity index (χ2n) is 5.36. The minimum atomic E-state index is -0.0984. The number of hydrogen-bond donors (Lipinski definition) is 0. The molecule has 0 unspecified atom stereocenters. The van der Waals surface area contributed by atoms with Crippen LogP contribution in [-0.4, -0.2) is 36.2 Å². The minimum absolute atomic E-state index is 0.0984. The van der Waals surface area contributed by atoms with Crippen molar-refractivity contribution in [2.24, 2.45) is 0 Å². The number of benzene rings is 1. The van der Waals surface area contributed by atoms with E-state index in [-0.39, 0.29) is 18.0 Å². The van der Waals surface area contributed by atoms with Gasteiger partial charge in [-0.2, -0.15) is 0 Å². The molecule has 0 aliphatic carbocycles. The molecule has 1 heterocycles. The first-order valence-corrected chi connectivity index (χ1v) is 6.69. The third-order valence-electron chi connectivity index (χ3n) is 3.54. The fraction of sp³-hybridized carbons (Fsp3) is 0.600. The summed E-state index contributed by atoms with van der Waals surface area (Å²) in [6.07, 6.45) is 1.28. The summed E-state index contributed by atoms with van der Waals surface area (Å²) in [6, 6.07) is 7.39. The Bertz CT molecular complexity index is 386. The molecule has 0 saturated carbocycles. The maximum atomic E-state index is 13.6. The Morgan fingerprint density at radius 1 is 1.28 bits per heavy atom. The highest BCUT2D eigenvalue weighted by molar-refractivity contribution is 5.18. The Kier molecular flexibility index (Phi) is 4.36. The van der Waals surface area contributed by atoms with Crippen molar-refractivity contribution < 1.29 is 9.13 Å². The van der Waals surface area contributed by atoms with Gasteiger partial charge in [0.1, 0.15) is 5.82 Å². The molecular formula is C15H22FNO. The molecule has 0 spiro atoms. The fourth-order valence-electron chi connectivity index (χ4n) is 2.69. The number of morpholine rings is 1. The van der Waals surface area contributed by atoms with Crippen LogP contribution in [-0.2, 0) is 11.2 Å². The molecule has 1 aromatic carbocycles. The Morgan fingerprint density at radius 2 is 1.89 bits per heavy atom. The van der Waals surface area contributed by atoms with Crippen molar-refractivity contribution in [1.29, 1.82) is 0 Å². The molecule has 2 rings (SSSR count). The molecule has 0 radical (unpaired) electrons. The zero-order valence-electron chi connectivity index (χ0n) is 11.4. The van der Waals surface area contributed by atoms with Crippen LogP contribution in [0.3, 0.4) is 0 Å². The highest BCUT2D eigenvalue weighted by Crippen LogP contribution is 2.17. The largest absolute Gasteiger partial charge is 0.373 e. The Hall–Kier alpha value is -0.930. The lowest BCUT2D eigenvalue weighted by Crippen LogP contribution is -2.49. The van der Waals surface area contributed by atoms with Gasteiger partial charge in [-0.1, -0.05) is 18.2 Å². The van der Waals surface area contributed by atoms with Crippen LogP contribution in [0, 0.1) is 5.82 Å². The first-order chi connectivity index (χ1) is 8.56. The first kappa shape index (κ1) is 13.5. The minimum Gasteiger partial charge on any atom is -0.373 e. The molecular weight excluding hydrogens is 229 g/mol. The van der Waals surface area contributed by atoms with Gasteiger partial charge < -0.3 is 4.74 Å². The van der Waals surface area contributed by atoms with Crippen molar-refractivity contribution in [1.82, 2.24) is 4.90 Å². The van der Waals surface area contributed by atoms with E-state index < -0.39 is 0 Å². The second-order valence-corrected chi connectivity index (χ2v) is 5.36. The Morgan fingerprint density at radius 3 is 2.50 bits per heavy atom. The van der Waals surface area contributed by atoms with Crippen LogP contribution in [0.4, 0.5) is 4.39 Å². The molecule has 0 amide bonds. The second kappa shape index (κ2) is 5.81. The molecule has 100 valence electrons. The standard InChI is InChI=1S/C15H22FNO/c1-11(8-14-6-4-5-7-15(14)16)17-9-12(2)18-13(3)10-17/h4-7,11-13H,8-10H2,1-3H3/t11-,12-,13+/m1/s1. The lowest BCUT2D eigenvalue weighted by molar-refractivity contribution is -0.0783. The van der Waals surface area contributed by atoms with Crippen molar-refractivity contribution in [3.63, 3.8) is 0 Å². The quantitative estimate of drug-likeness (QED) is 0.819. The molecule has 1 aromatic rings. The third-order valence-corrected chi connectivity index (χ3v) is 3.54. The fourth-order valence-corrected chi connectivity index (χ4v) is 2.69. The normalized spacial score (nSPS) is 27.1. The molecule has 1 aliphatic rings. The van der Waals surface area contributed by atoms with Crippen LogP contribution in [0.5, 0.6) is 0 Å². The summed E-state index contributed by atoms with van der Waals surface area (Å²) < 4.78 is 19.4. The van der Waals surface area contributed by atoms with Gasteiger partial charge in [0, 0.05) is 19.1 Å². The van der Waals surface area contributed by atoms with E-state index in [1.165, 1.54) is 6.07 Å². The van der Waals surface area contributed by atoms with E-state index in [1.807, 2.05) is 12.1 Å². The number of hydrogen-bond acceptors (Lipinski definition) is 2. The molecule has 0 N–H and O–H groups in total. The van der Waals surface area contributed by atoms with Gasteiger partial charge in [-0.05, 0) is 38.8 Å². The van der Waals surface area contributed by atoms with E-state index in [0.717, 1.165) is 25.1 Å². The van der Waals surface area contributed by atoms with E-state index in [1.54, 1.807) is 6.07 Å². The molecule has 0 bridgehead atoms. The molecule has 1 aliphatic heterocycles. The van der Waals surface area contributed by atoms with E-state index in [0.29, 0.717) is 6.04 Å². The van der Waals surface area contributed by atoms with E-state index in [9.17, 15) is 4.39 Å². The van der Waals surface area contributed by atoms with Gasteiger partial charge in [-0.25, -0.2) is 4.39 Å². The molecule has 3 heteroatoms. The van der Waals surface area contributed by atoms with Crippen molar-refractivity contribution in [2.45, 2.75) is 45.4 Å². The number of rotatable bonds is 3. The van der Waals surface area contributed by atoms with Crippen molar-refractivity contribution in [2.75, 3.05) is 13.1 Å². The van der Waals surface area contributed by atoms with Gasteiger partial charge in [0.25, 0.3) is 0 Å². The van der Waals surface area contributed by atoms with Crippen LogP contribution >= 0.6 is 0 Å². The van der Waals surface area contributed by atoms with Crippen LogP contribution in [0.2, 0.25) is 0 Å². The summed E-state index contributed by atoms with van der Waals surface area (Å²) in [4.78, 5) is 2.39. The summed E-state index contributed by atoms with van der Waals surface area (Å²) in [7, 11) is 0. The van der Waals surface area contributed by atoms with Crippen LogP contribution in [0.15, 0.2) is 24.3 Å². The van der Waals surface area contributed by atoms with Crippen molar-refractivity contribution in [3.05, 3.63) is 35.6 Å². The zero-order valence-corrected chi connectivity index (χ0v) is 11.4. The molecule has 0 aromatic heterocycles. The average molecular weight is 251 g/mol. The summed E-state index contributed by atoms with van der Waals surface area (Å²) in [5, 5.41) is 0. The van der Waals surface area contributed by atoms with Crippen molar-refractivity contribution in [3.8, 4) is 0 Å². The van der Waals surface area contributed by atoms with Gasteiger partial charge in [-0.3, -0.25) is 4.90 Å². The zero-order chi connectivity index (χ0) is 13.1. The van der Waals surface area contributed by atoms with Gasteiger partial charge >= 0.3 is 0 Å². The topological polar surface area (TPSA) is 12.5 Å². The van der Waals surface area contributed by atoms with Gasteiger partial charge in [0.15, 0.2) is 0 Å². The lowest BCUT2D eigenvalue weighted by Gasteiger charge is -2.39. The summed E-state index contributed by atoms with van der Waals surface area (Å²) in [5.74, 6) is -0.0984. The van der Waals surface area contributed by atoms with Gasteiger partial charge in [-0.15, -0.1) is 0 Å². The Balaban J connectivity index is 1.99. The number of ether oxygens (including phenoxy) is 1. The summed E-state index contributed by atoms with van der Waals surface area (Å²) in [6.45, 7) is 8.22. The lowest BCUT2D eigenvalue weighted by atomic mass is 10.0. The van der Waals surface area contributed by atoms with Crippen LogP contribution < -0.4 is 0 Å². The predicted molar refractivity (Wildman–Crippen MR) is 71.1 cm³/mol. The summed E-state index contributed by atoms with van der Waals surface area (Å²) in [5.41, 5.74) is 0.803. The van der Waals surface area contributed by atoms with Crippen LogP contribution in [0.25, 0.3) is 0 Å². The molecule has 1 fully saturated rings. The molecule has 1 saturated heterocycles. The van der Waals surface area contributed by atoms with Gasteiger partial charge in [0.2, 0.25) is 0 Å². The van der Waals surface area contributed by atoms with Crippen molar-refractivity contribution >= 4 is 0 Å². The molecule has 3 atom stereocenters. The SMILES string of the molecule is C[C@@H]1CN([C@H](C)Cc2ccccc2F)C[C@H](C)O1. The highest BCUT2D eigenvalue weighted by Gasteiger charge is 2.26. The maximum Gasteiger partial charge on any atom is 0.126 e. The maximum absolute atomic E-state index is 13.6. The first-order valence-electron chi connectivity index (χ1n) is 6.69. The molecule has 18 heavy (non-hydrogen) atoms. The smallest absolute Gasteiger partial charge is 0.126 e.